The molecule has 2 heterocycles. The summed E-state index contributed by atoms with van der Waals surface area (Å²) in [6.07, 6.45) is 11.4. The van der Waals surface area contributed by atoms with Crippen molar-refractivity contribution in [3.8, 4) is 0 Å². The maximum atomic E-state index is 12.9. The van der Waals surface area contributed by atoms with E-state index in [0.29, 0.717) is 5.91 Å². The normalized spacial score (nSPS) is 30.1. The van der Waals surface area contributed by atoms with Crippen LogP contribution in [0.1, 0.15) is 62.1 Å². The summed E-state index contributed by atoms with van der Waals surface area (Å²) >= 11 is 0. The predicted octanol–water partition coefficient (Wildman–Crippen LogP) is 3.41. The van der Waals surface area contributed by atoms with Gasteiger partial charge < -0.3 is 10.0 Å². The molecular weight excluding hydrogens is 348 g/mol. The maximum absolute atomic E-state index is 12.9. The molecule has 5 rings (SSSR count). The van der Waals surface area contributed by atoms with Gasteiger partial charge in [-0.2, -0.15) is 0 Å². The molecule has 1 saturated carbocycles. The van der Waals surface area contributed by atoms with Gasteiger partial charge in [-0.3, -0.25) is 9.69 Å². The van der Waals surface area contributed by atoms with E-state index >= 15 is 0 Å². The minimum atomic E-state index is -0.389. The number of nitrogens with zero attached hydrogens (tertiary/aromatic N) is 2. The summed E-state index contributed by atoms with van der Waals surface area (Å²) < 4.78 is 0. The smallest absolute Gasteiger partial charge is 0.225 e. The lowest BCUT2D eigenvalue weighted by atomic mass is 9.71. The summed E-state index contributed by atoms with van der Waals surface area (Å²) in [7, 11) is 0. The summed E-state index contributed by atoms with van der Waals surface area (Å²) in [5.74, 6) is 0.619. The SMILES string of the molecule is O=C(C1CCCC1)N1CCC2(CC1)c1ccccc1[C@@H](N1CC=CCC1)[C@@H]2O. The Morgan fingerprint density at radius 2 is 1.79 bits per heavy atom. The van der Waals surface area contributed by atoms with Gasteiger partial charge in [-0.25, -0.2) is 0 Å². The van der Waals surface area contributed by atoms with Crippen molar-refractivity contribution in [2.45, 2.75) is 62.5 Å². The number of benzene rings is 1. The zero-order chi connectivity index (χ0) is 19.1. The third-order valence-corrected chi connectivity index (χ3v) is 7.84. The van der Waals surface area contributed by atoms with Crippen LogP contribution in [-0.2, 0) is 10.2 Å². The van der Waals surface area contributed by atoms with E-state index in [9.17, 15) is 9.90 Å². The number of hydrogen-bond acceptors (Lipinski definition) is 3. The summed E-state index contributed by atoms with van der Waals surface area (Å²) in [5.41, 5.74) is 2.44. The second-order valence-corrected chi connectivity index (χ2v) is 9.19. The second kappa shape index (κ2) is 7.31. The molecule has 28 heavy (non-hydrogen) atoms. The van der Waals surface area contributed by atoms with Crippen LogP contribution < -0.4 is 0 Å². The number of hydrogen-bond donors (Lipinski definition) is 1. The van der Waals surface area contributed by atoms with E-state index in [1.54, 1.807) is 0 Å². The molecule has 1 spiro atoms. The minimum Gasteiger partial charge on any atom is -0.390 e. The van der Waals surface area contributed by atoms with Crippen molar-refractivity contribution in [3.63, 3.8) is 0 Å². The summed E-state index contributed by atoms with van der Waals surface area (Å²) in [6.45, 7) is 3.49. The molecule has 1 N–H and O–H groups in total. The molecule has 150 valence electrons. The molecule has 4 nitrogen and oxygen atoms in total. The molecule has 1 aromatic carbocycles. The molecule has 0 aromatic heterocycles. The zero-order valence-corrected chi connectivity index (χ0v) is 16.7. The highest BCUT2D eigenvalue weighted by Crippen LogP contribution is 2.53. The number of piperidine rings is 1. The number of aliphatic hydroxyl groups excluding tert-OH is 1. The van der Waals surface area contributed by atoms with Gasteiger partial charge in [0, 0.05) is 37.5 Å². The Hall–Kier alpha value is -1.65. The van der Waals surface area contributed by atoms with E-state index < -0.39 is 0 Å². The minimum absolute atomic E-state index is 0.0817. The van der Waals surface area contributed by atoms with Crippen molar-refractivity contribution >= 4 is 5.91 Å². The highest BCUT2D eigenvalue weighted by atomic mass is 16.3. The van der Waals surface area contributed by atoms with Crippen LogP contribution in [0.25, 0.3) is 0 Å². The molecule has 0 bridgehead atoms. The molecule has 4 heteroatoms. The Bertz CT molecular complexity index is 760. The zero-order valence-electron chi connectivity index (χ0n) is 16.7. The van der Waals surface area contributed by atoms with Gasteiger partial charge in [0.25, 0.3) is 0 Å². The molecule has 1 aromatic rings. The lowest BCUT2D eigenvalue weighted by Crippen LogP contribution is -2.52. The predicted molar refractivity (Wildman–Crippen MR) is 110 cm³/mol. The van der Waals surface area contributed by atoms with Crippen LogP contribution >= 0.6 is 0 Å². The molecule has 0 radical (unpaired) electrons. The van der Waals surface area contributed by atoms with Crippen molar-refractivity contribution in [2.24, 2.45) is 5.92 Å². The van der Waals surface area contributed by atoms with Crippen LogP contribution in [0.3, 0.4) is 0 Å². The van der Waals surface area contributed by atoms with Gasteiger partial charge in [0.2, 0.25) is 5.91 Å². The molecule has 2 atom stereocenters. The summed E-state index contributed by atoms with van der Waals surface area (Å²) in [5, 5.41) is 11.6. The Balaban J connectivity index is 1.39. The molecule has 2 fully saturated rings. The third kappa shape index (κ3) is 2.84. The van der Waals surface area contributed by atoms with Gasteiger partial charge >= 0.3 is 0 Å². The van der Waals surface area contributed by atoms with Gasteiger partial charge in [0.1, 0.15) is 0 Å². The number of likely N-dealkylation sites (tertiary alicyclic amines) is 1. The molecule has 1 saturated heterocycles. The lowest BCUT2D eigenvalue weighted by molar-refractivity contribution is -0.138. The molecular formula is C24H32N2O2. The van der Waals surface area contributed by atoms with Crippen LogP contribution in [0, 0.1) is 5.92 Å². The van der Waals surface area contributed by atoms with Gasteiger partial charge in [0.15, 0.2) is 0 Å². The maximum Gasteiger partial charge on any atom is 0.225 e. The van der Waals surface area contributed by atoms with Crippen LogP contribution in [0.4, 0.5) is 0 Å². The highest BCUT2D eigenvalue weighted by Gasteiger charge is 2.54. The molecule has 2 aliphatic carbocycles. The molecule has 2 aliphatic heterocycles. The first-order valence-corrected chi connectivity index (χ1v) is 11.2. The fourth-order valence-corrected chi connectivity index (χ4v) is 6.27. The van der Waals surface area contributed by atoms with Crippen molar-refractivity contribution in [3.05, 3.63) is 47.5 Å². The second-order valence-electron chi connectivity index (χ2n) is 9.19. The fourth-order valence-electron chi connectivity index (χ4n) is 6.27. The Labute approximate surface area is 168 Å². The van der Waals surface area contributed by atoms with E-state index in [-0.39, 0.29) is 23.5 Å². The van der Waals surface area contributed by atoms with Gasteiger partial charge in [-0.1, -0.05) is 49.3 Å². The summed E-state index contributed by atoms with van der Waals surface area (Å²) in [6, 6.07) is 8.75. The average Bonchev–Trinajstić information content (AvgIpc) is 3.36. The van der Waals surface area contributed by atoms with Crippen molar-refractivity contribution in [2.75, 3.05) is 26.2 Å². The largest absolute Gasteiger partial charge is 0.390 e. The van der Waals surface area contributed by atoms with Gasteiger partial charge in [-0.15, -0.1) is 0 Å². The van der Waals surface area contributed by atoms with E-state index in [4.69, 9.17) is 0 Å². The Morgan fingerprint density at radius 3 is 2.50 bits per heavy atom. The van der Waals surface area contributed by atoms with E-state index in [0.717, 1.165) is 58.3 Å². The van der Waals surface area contributed by atoms with Gasteiger partial charge in [0.05, 0.1) is 12.1 Å². The van der Waals surface area contributed by atoms with E-state index in [1.807, 2.05) is 0 Å². The Kier molecular flexibility index (Phi) is 4.80. The van der Waals surface area contributed by atoms with Crippen LogP contribution in [-0.4, -0.2) is 53.1 Å². The lowest BCUT2D eigenvalue weighted by Gasteiger charge is -2.44. The highest BCUT2D eigenvalue weighted by molar-refractivity contribution is 5.79. The molecule has 0 unspecified atom stereocenters. The standard InChI is InChI=1S/C24H32N2O2/c27-22-21(25-14-6-1-7-15-25)19-10-4-5-11-20(19)24(22)12-16-26(17-13-24)23(28)18-8-2-3-9-18/h1,4-6,10-11,18,21-22,27H,2-3,7-9,12-17H2/t21-,22+/m1/s1. The topological polar surface area (TPSA) is 43.8 Å². The number of rotatable bonds is 2. The Morgan fingerprint density at radius 1 is 1.04 bits per heavy atom. The van der Waals surface area contributed by atoms with Crippen molar-refractivity contribution in [1.82, 2.24) is 9.80 Å². The van der Waals surface area contributed by atoms with Crippen molar-refractivity contribution < 1.29 is 9.90 Å². The van der Waals surface area contributed by atoms with Crippen LogP contribution in [0.15, 0.2) is 36.4 Å². The van der Waals surface area contributed by atoms with Gasteiger partial charge in [-0.05, 0) is 43.2 Å². The quantitative estimate of drug-likeness (QED) is 0.800. The monoisotopic (exact) mass is 380 g/mol. The number of fused-ring (bicyclic) bond motifs is 2. The first-order chi connectivity index (χ1) is 13.7. The fraction of sp³-hybridized carbons (Fsp3) is 0.625. The molecule has 4 aliphatic rings. The average molecular weight is 381 g/mol. The van der Waals surface area contributed by atoms with Crippen LogP contribution in [0.2, 0.25) is 0 Å². The summed E-state index contributed by atoms with van der Waals surface area (Å²) in [4.78, 5) is 17.4. The van der Waals surface area contributed by atoms with E-state index in [2.05, 4.69) is 46.2 Å². The first kappa shape index (κ1) is 18.4. The number of carbonyl (C=O) groups excluding carboxylic acids is 1. The van der Waals surface area contributed by atoms with Crippen molar-refractivity contribution in [1.29, 1.82) is 0 Å². The first-order valence-electron chi connectivity index (χ1n) is 11.2. The number of amides is 1. The molecule has 1 amide bonds. The third-order valence-electron chi connectivity index (χ3n) is 7.84. The number of aliphatic hydroxyl groups is 1. The number of carbonyl (C=O) groups is 1. The van der Waals surface area contributed by atoms with Crippen LogP contribution in [0.5, 0.6) is 0 Å². The van der Waals surface area contributed by atoms with E-state index in [1.165, 1.54) is 24.0 Å².